The second kappa shape index (κ2) is 6.05. The average molecular weight is 336 g/mol. The van der Waals surface area contributed by atoms with Gasteiger partial charge in [-0.2, -0.15) is 0 Å². The first-order chi connectivity index (χ1) is 11.0. The van der Waals surface area contributed by atoms with E-state index in [1.54, 1.807) is 12.1 Å². The first-order valence-electron chi connectivity index (χ1n) is 6.46. The highest BCUT2D eigenvalue weighted by Gasteiger charge is 2.37. The van der Waals surface area contributed by atoms with Crippen LogP contribution in [0.15, 0.2) is 57.8 Å². The summed E-state index contributed by atoms with van der Waals surface area (Å²) in [6.07, 6.45) is -0.00299. The number of hydrogen-bond donors (Lipinski definition) is 2. The summed E-state index contributed by atoms with van der Waals surface area (Å²) < 4.78 is 14.9. The van der Waals surface area contributed by atoms with E-state index in [0.29, 0.717) is 5.69 Å². The molecule has 1 atom stereocenters. The van der Waals surface area contributed by atoms with Crippen molar-refractivity contribution in [2.24, 2.45) is 0 Å². The lowest BCUT2D eigenvalue weighted by molar-refractivity contribution is -0.152. The molecule has 0 spiro atoms. The molecule has 1 aromatic carbocycles. The lowest BCUT2D eigenvalue weighted by atomic mass is 10.3. The van der Waals surface area contributed by atoms with Crippen LogP contribution in [0, 0.1) is 0 Å². The average Bonchev–Trinajstić information content (AvgIpc) is 3.14. The Balaban J connectivity index is 1.78. The van der Waals surface area contributed by atoms with Gasteiger partial charge in [-0.05, 0) is 36.4 Å². The number of ether oxygens (including phenoxy) is 2. The van der Waals surface area contributed by atoms with E-state index in [9.17, 15) is 14.7 Å². The number of phenols is 1. The Hall–Kier alpha value is -2.93. The van der Waals surface area contributed by atoms with Crippen molar-refractivity contribution in [3.05, 3.63) is 59.2 Å². The largest absolute Gasteiger partial charge is 0.508 e. The van der Waals surface area contributed by atoms with Gasteiger partial charge in [0.15, 0.2) is 5.03 Å². The summed E-state index contributed by atoms with van der Waals surface area (Å²) in [5, 5.41) is 11.9. The number of carbonyl (C=O) groups excluding carboxylic acids is 2. The number of hydrogen-bond acceptors (Lipinski definition) is 7. The van der Waals surface area contributed by atoms with Crippen molar-refractivity contribution in [2.45, 2.75) is 6.29 Å². The third-order valence-electron chi connectivity index (χ3n) is 2.95. The standard InChI is InChI=1S/C15H10ClNO6/c16-11-12(17-8-3-5-9(18)6-4-8)15(23-14(11)20)22-13(19)10-2-1-7-21-10/h1-7,15,17-18H. The minimum absolute atomic E-state index is 0.0342. The van der Waals surface area contributed by atoms with Gasteiger partial charge in [0.05, 0.1) is 6.26 Å². The quantitative estimate of drug-likeness (QED) is 0.654. The zero-order valence-electron chi connectivity index (χ0n) is 11.5. The number of benzene rings is 1. The molecule has 1 aromatic heterocycles. The molecule has 2 N–H and O–H groups in total. The maximum Gasteiger partial charge on any atom is 0.377 e. The maximum absolute atomic E-state index is 11.9. The fourth-order valence-electron chi connectivity index (χ4n) is 1.87. The number of anilines is 1. The number of phenolic OH excluding ortho intramolecular Hbond substituents is 1. The van der Waals surface area contributed by atoms with E-state index < -0.39 is 18.2 Å². The SMILES string of the molecule is O=C1OC(OC(=O)c2ccco2)C(Nc2ccc(O)cc2)=C1Cl. The van der Waals surface area contributed by atoms with Gasteiger partial charge < -0.3 is 24.3 Å². The third kappa shape index (κ3) is 3.14. The van der Waals surface area contributed by atoms with Gasteiger partial charge in [-0.1, -0.05) is 11.6 Å². The summed E-state index contributed by atoms with van der Waals surface area (Å²) in [4.78, 5) is 23.5. The predicted molar refractivity (Wildman–Crippen MR) is 78.6 cm³/mol. The second-order valence-corrected chi connectivity index (χ2v) is 4.90. The molecule has 7 nitrogen and oxygen atoms in total. The first-order valence-corrected chi connectivity index (χ1v) is 6.83. The number of rotatable bonds is 4. The maximum atomic E-state index is 11.9. The van der Waals surface area contributed by atoms with Gasteiger partial charge in [-0.3, -0.25) is 0 Å². The molecule has 3 rings (SSSR count). The summed E-state index contributed by atoms with van der Waals surface area (Å²) in [7, 11) is 0. The van der Waals surface area contributed by atoms with Crippen LogP contribution >= 0.6 is 11.6 Å². The fraction of sp³-hybridized carbons (Fsp3) is 0.0667. The normalized spacial score (nSPS) is 17.1. The summed E-state index contributed by atoms with van der Waals surface area (Å²) in [6, 6.07) is 8.94. The topological polar surface area (TPSA) is 98.0 Å². The summed E-state index contributed by atoms with van der Waals surface area (Å²) >= 11 is 5.89. The van der Waals surface area contributed by atoms with E-state index >= 15 is 0 Å². The Bertz CT molecular complexity index is 766. The van der Waals surface area contributed by atoms with Crippen LogP contribution in [-0.4, -0.2) is 23.3 Å². The third-order valence-corrected chi connectivity index (χ3v) is 3.31. The van der Waals surface area contributed by atoms with Crippen LogP contribution in [0.2, 0.25) is 0 Å². The fourth-order valence-corrected chi connectivity index (χ4v) is 2.05. The predicted octanol–water partition coefficient (Wildman–Crippen LogP) is 2.59. The molecular formula is C15H10ClNO6. The Labute approximate surface area is 135 Å². The number of halogens is 1. The van der Waals surface area contributed by atoms with E-state index in [1.165, 1.54) is 30.5 Å². The molecule has 0 saturated heterocycles. The molecule has 0 radical (unpaired) electrons. The van der Waals surface area contributed by atoms with Gasteiger partial charge in [-0.25, -0.2) is 9.59 Å². The monoisotopic (exact) mass is 335 g/mol. The highest BCUT2D eigenvalue weighted by atomic mass is 35.5. The number of nitrogens with one attached hydrogen (secondary N) is 1. The molecule has 0 bridgehead atoms. The van der Waals surface area contributed by atoms with E-state index in [1.807, 2.05) is 0 Å². The summed E-state index contributed by atoms with van der Waals surface area (Å²) in [5.74, 6) is -1.57. The molecule has 0 aliphatic carbocycles. The zero-order chi connectivity index (χ0) is 16.4. The van der Waals surface area contributed by atoms with E-state index in [2.05, 4.69) is 5.32 Å². The van der Waals surface area contributed by atoms with Crippen LogP contribution < -0.4 is 5.32 Å². The smallest absolute Gasteiger partial charge is 0.377 e. The molecule has 1 unspecified atom stereocenters. The van der Waals surface area contributed by atoms with Gasteiger partial charge in [0, 0.05) is 5.69 Å². The van der Waals surface area contributed by atoms with Gasteiger partial charge in [-0.15, -0.1) is 0 Å². The Morgan fingerprint density at radius 3 is 2.65 bits per heavy atom. The summed E-state index contributed by atoms with van der Waals surface area (Å²) in [5.41, 5.74) is 0.607. The Kier molecular flexibility index (Phi) is 3.94. The molecule has 0 amide bonds. The number of cyclic esters (lactones) is 1. The van der Waals surface area contributed by atoms with E-state index in [-0.39, 0.29) is 22.2 Å². The first kappa shape index (κ1) is 15.0. The minimum atomic E-state index is -1.32. The van der Waals surface area contributed by atoms with Gasteiger partial charge in [0.2, 0.25) is 5.76 Å². The molecule has 1 aliphatic heterocycles. The van der Waals surface area contributed by atoms with Crippen LogP contribution in [0.5, 0.6) is 5.75 Å². The highest BCUT2D eigenvalue weighted by molar-refractivity contribution is 6.42. The van der Waals surface area contributed by atoms with Gasteiger partial charge in [0.1, 0.15) is 11.4 Å². The number of aromatic hydroxyl groups is 1. The molecule has 0 fully saturated rings. The lowest BCUT2D eigenvalue weighted by Gasteiger charge is -2.15. The molecule has 0 saturated carbocycles. The molecule has 8 heteroatoms. The van der Waals surface area contributed by atoms with Crippen LogP contribution in [0.1, 0.15) is 10.6 Å². The van der Waals surface area contributed by atoms with Crippen LogP contribution in [0.4, 0.5) is 5.69 Å². The van der Waals surface area contributed by atoms with Crippen molar-refractivity contribution in [3.63, 3.8) is 0 Å². The van der Waals surface area contributed by atoms with Gasteiger partial charge >= 0.3 is 11.9 Å². The highest BCUT2D eigenvalue weighted by Crippen LogP contribution is 2.29. The second-order valence-electron chi connectivity index (χ2n) is 4.52. The minimum Gasteiger partial charge on any atom is -0.508 e. The Morgan fingerprint density at radius 2 is 2.00 bits per heavy atom. The van der Waals surface area contributed by atoms with Crippen LogP contribution in [0.25, 0.3) is 0 Å². The van der Waals surface area contributed by atoms with Crippen LogP contribution in [0.3, 0.4) is 0 Å². The van der Waals surface area contributed by atoms with Crippen LogP contribution in [-0.2, 0) is 14.3 Å². The van der Waals surface area contributed by atoms with Crippen molar-refractivity contribution in [1.29, 1.82) is 0 Å². The van der Waals surface area contributed by atoms with E-state index in [4.69, 9.17) is 25.5 Å². The zero-order valence-corrected chi connectivity index (χ0v) is 12.2. The Morgan fingerprint density at radius 1 is 1.26 bits per heavy atom. The molecule has 2 heterocycles. The number of carbonyl (C=O) groups is 2. The number of furan rings is 1. The van der Waals surface area contributed by atoms with Crippen molar-refractivity contribution in [1.82, 2.24) is 0 Å². The van der Waals surface area contributed by atoms with E-state index in [0.717, 1.165) is 0 Å². The lowest BCUT2D eigenvalue weighted by Crippen LogP contribution is -2.23. The molecule has 23 heavy (non-hydrogen) atoms. The van der Waals surface area contributed by atoms with Crippen molar-refractivity contribution in [3.8, 4) is 5.75 Å². The molecule has 2 aromatic rings. The number of esters is 2. The summed E-state index contributed by atoms with van der Waals surface area (Å²) in [6.45, 7) is 0. The van der Waals surface area contributed by atoms with Crippen molar-refractivity contribution < 1.29 is 28.6 Å². The molecule has 1 aliphatic rings. The van der Waals surface area contributed by atoms with Crippen molar-refractivity contribution >= 4 is 29.2 Å². The molecular weight excluding hydrogens is 326 g/mol. The van der Waals surface area contributed by atoms with Crippen molar-refractivity contribution in [2.75, 3.05) is 5.32 Å². The molecule has 118 valence electrons. The van der Waals surface area contributed by atoms with Gasteiger partial charge in [0.25, 0.3) is 6.29 Å².